The van der Waals surface area contributed by atoms with Gasteiger partial charge in [0, 0.05) is 34.9 Å². The van der Waals surface area contributed by atoms with Gasteiger partial charge < -0.3 is 20.7 Å². The molecular weight excluding hydrogens is 468 g/mol. The Hall–Kier alpha value is -4.24. The molecule has 0 amide bonds. The summed E-state index contributed by atoms with van der Waals surface area (Å²) in [5, 5.41) is 17.7. The first-order chi connectivity index (χ1) is 16.9. The summed E-state index contributed by atoms with van der Waals surface area (Å²) >= 11 is 6.14. The number of benzene rings is 2. The number of nitrogens with zero attached hydrogens (tertiary/aromatic N) is 4. The van der Waals surface area contributed by atoms with Crippen LogP contribution in [-0.2, 0) is 11.3 Å². The number of aryl methyl sites for hydroxylation is 2. The zero-order chi connectivity index (χ0) is 24.9. The highest BCUT2D eigenvalue weighted by molar-refractivity contribution is 6.30. The van der Waals surface area contributed by atoms with E-state index in [1.54, 1.807) is 0 Å². The summed E-state index contributed by atoms with van der Waals surface area (Å²) in [4.78, 5) is 24.1. The first-order valence-corrected chi connectivity index (χ1v) is 11.1. The van der Waals surface area contributed by atoms with Crippen molar-refractivity contribution >= 4 is 46.1 Å². The Morgan fingerprint density at radius 3 is 2.74 bits per heavy atom. The van der Waals surface area contributed by atoms with Gasteiger partial charge in [-0.25, -0.2) is 9.97 Å². The van der Waals surface area contributed by atoms with E-state index in [4.69, 9.17) is 31.9 Å². The molecule has 2 aromatic carbocycles. The van der Waals surface area contributed by atoms with Gasteiger partial charge in [0.2, 0.25) is 0 Å². The average Bonchev–Trinajstić information content (AvgIpc) is 3.17. The number of carboxylic acid groups (broad SMARTS) is 1. The topological polar surface area (TPSA) is 140 Å². The summed E-state index contributed by atoms with van der Waals surface area (Å²) < 4.78 is 5.34. The van der Waals surface area contributed by atoms with Crippen LogP contribution in [0.4, 0.5) is 5.82 Å². The zero-order valence-corrected chi connectivity index (χ0v) is 19.9. The van der Waals surface area contributed by atoms with E-state index >= 15 is 0 Å². The third kappa shape index (κ3) is 5.47. The van der Waals surface area contributed by atoms with Gasteiger partial charge in [-0.15, -0.1) is 0 Å². The van der Waals surface area contributed by atoms with E-state index in [0.717, 1.165) is 33.5 Å². The van der Waals surface area contributed by atoms with Crippen LogP contribution in [0.2, 0.25) is 5.02 Å². The molecule has 4 aromatic rings. The van der Waals surface area contributed by atoms with Crippen molar-refractivity contribution < 1.29 is 14.4 Å². The van der Waals surface area contributed by atoms with Crippen LogP contribution in [0.25, 0.3) is 27.6 Å². The fourth-order valence-electron chi connectivity index (χ4n) is 3.67. The van der Waals surface area contributed by atoms with Crippen molar-refractivity contribution in [3.8, 4) is 11.1 Å². The Bertz CT molecular complexity index is 1440. The molecule has 2 heterocycles. The first-order valence-electron chi connectivity index (χ1n) is 10.7. The third-order valence-electron chi connectivity index (χ3n) is 5.26. The maximum Gasteiger partial charge on any atom is 0.325 e. The van der Waals surface area contributed by atoms with E-state index in [1.165, 1.54) is 12.4 Å². The molecule has 0 fully saturated rings. The number of allylic oxidation sites excluding steroid dienone is 1. The Morgan fingerprint density at radius 1 is 1.23 bits per heavy atom. The number of hydrogen-bond donors (Lipinski definition) is 3. The Morgan fingerprint density at radius 2 is 2.06 bits per heavy atom. The normalized spacial score (nSPS) is 11.9. The number of carboxylic acids is 1. The van der Waals surface area contributed by atoms with Gasteiger partial charge in [0.1, 0.15) is 18.1 Å². The molecule has 0 aliphatic heterocycles. The molecule has 0 radical (unpaired) electrons. The van der Waals surface area contributed by atoms with Crippen molar-refractivity contribution in [2.45, 2.75) is 20.4 Å². The quantitative estimate of drug-likeness (QED) is 0.304. The van der Waals surface area contributed by atoms with Crippen molar-refractivity contribution in [3.05, 3.63) is 76.5 Å². The number of nitrogens with two attached hydrogens (primary N) is 1. The molecule has 0 saturated carbocycles. The predicted molar refractivity (Wildman–Crippen MR) is 136 cm³/mol. The summed E-state index contributed by atoms with van der Waals surface area (Å²) in [7, 11) is 0. The number of fused-ring (bicyclic) bond motifs is 1. The molecule has 0 atom stereocenters. The number of hydrogen-bond acceptors (Lipinski definition) is 8. The molecule has 0 bridgehead atoms. The van der Waals surface area contributed by atoms with Gasteiger partial charge >= 0.3 is 5.97 Å². The summed E-state index contributed by atoms with van der Waals surface area (Å²) in [6.07, 6.45) is 2.65. The SMILES string of the molecule is Cc1noc(C)c1-c1ccc2nc(C(C=NCC(=O)O)=CN)nc(NCc3cccc(Cl)c3)c2c1. The minimum absolute atomic E-state index is 0.313. The van der Waals surface area contributed by atoms with Crippen LogP contribution < -0.4 is 11.1 Å². The van der Waals surface area contributed by atoms with Crippen LogP contribution in [0.15, 0.2) is 58.2 Å². The monoisotopic (exact) mass is 490 g/mol. The van der Waals surface area contributed by atoms with Gasteiger partial charge in [-0.05, 0) is 49.2 Å². The number of aliphatic imine (C=N–C) groups is 1. The molecule has 178 valence electrons. The maximum atomic E-state index is 10.8. The number of aliphatic carboxylic acids is 1. The summed E-state index contributed by atoms with van der Waals surface area (Å²) in [5.41, 5.74) is 10.5. The molecule has 35 heavy (non-hydrogen) atoms. The molecule has 0 saturated heterocycles. The molecule has 4 rings (SSSR count). The van der Waals surface area contributed by atoms with Crippen LogP contribution in [0.5, 0.6) is 0 Å². The lowest BCUT2D eigenvalue weighted by molar-refractivity contribution is -0.135. The number of rotatable bonds is 8. The van der Waals surface area contributed by atoms with Crippen LogP contribution in [0.1, 0.15) is 22.8 Å². The molecule has 0 aliphatic rings. The molecule has 0 aliphatic carbocycles. The van der Waals surface area contributed by atoms with Gasteiger partial charge in [-0.3, -0.25) is 9.79 Å². The maximum absolute atomic E-state index is 10.8. The van der Waals surface area contributed by atoms with Crippen molar-refractivity contribution in [2.24, 2.45) is 10.7 Å². The smallest absolute Gasteiger partial charge is 0.325 e. The number of carbonyl (C=O) groups is 1. The number of halogens is 1. The lowest BCUT2D eigenvalue weighted by atomic mass is 10.0. The number of aromatic nitrogens is 3. The van der Waals surface area contributed by atoms with Crippen molar-refractivity contribution in [1.82, 2.24) is 15.1 Å². The highest BCUT2D eigenvalue weighted by atomic mass is 35.5. The van der Waals surface area contributed by atoms with Gasteiger partial charge in [0.05, 0.1) is 16.8 Å². The third-order valence-corrected chi connectivity index (χ3v) is 5.50. The minimum Gasteiger partial charge on any atom is -0.480 e. The molecule has 2 aromatic heterocycles. The largest absolute Gasteiger partial charge is 0.480 e. The fourth-order valence-corrected chi connectivity index (χ4v) is 3.89. The second-order valence-corrected chi connectivity index (χ2v) is 8.23. The molecule has 4 N–H and O–H groups in total. The lowest BCUT2D eigenvalue weighted by Gasteiger charge is -2.13. The highest BCUT2D eigenvalue weighted by Crippen LogP contribution is 2.32. The van der Waals surface area contributed by atoms with E-state index < -0.39 is 5.97 Å². The second-order valence-electron chi connectivity index (χ2n) is 7.80. The van der Waals surface area contributed by atoms with E-state index in [-0.39, 0.29) is 6.54 Å². The van der Waals surface area contributed by atoms with E-state index in [1.807, 2.05) is 56.3 Å². The zero-order valence-electron chi connectivity index (χ0n) is 19.1. The van der Waals surface area contributed by atoms with E-state index in [9.17, 15) is 4.79 Å². The number of anilines is 1. The van der Waals surface area contributed by atoms with Crippen molar-refractivity contribution in [3.63, 3.8) is 0 Å². The highest BCUT2D eigenvalue weighted by Gasteiger charge is 2.16. The van der Waals surface area contributed by atoms with Gasteiger partial charge in [-0.1, -0.05) is 35.0 Å². The molecule has 0 unspecified atom stereocenters. The summed E-state index contributed by atoms with van der Waals surface area (Å²) in [6, 6.07) is 13.3. The lowest BCUT2D eigenvalue weighted by Crippen LogP contribution is -2.07. The van der Waals surface area contributed by atoms with E-state index in [2.05, 4.69) is 20.4 Å². The second kappa shape index (κ2) is 10.4. The van der Waals surface area contributed by atoms with Gasteiger partial charge in [0.15, 0.2) is 5.82 Å². The van der Waals surface area contributed by atoms with E-state index in [0.29, 0.717) is 34.3 Å². The van der Waals surface area contributed by atoms with Crippen molar-refractivity contribution in [1.29, 1.82) is 0 Å². The molecular formula is C25H23ClN6O3. The van der Waals surface area contributed by atoms with Gasteiger partial charge in [0.25, 0.3) is 0 Å². The minimum atomic E-state index is -1.05. The first kappa shape index (κ1) is 23.9. The molecule has 0 spiro atoms. The van der Waals surface area contributed by atoms with Crippen LogP contribution in [0.3, 0.4) is 0 Å². The molecule has 10 heteroatoms. The number of nitrogens with one attached hydrogen (secondary N) is 1. The molecule has 9 nitrogen and oxygen atoms in total. The van der Waals surface area contributed by atoms with Crippen molar-refractivity contribution in [2.75, 3.05) is 11.9 Å². The Kier molecular flexibility index (Phi) is 7.07. The van der Waals surface area contributed by atoms with Gasteiger partial charge in [-0.2, -0.15) is 0 Å². The predicted octanol–water partition coefficient (Wildman–Crippen LogP) is 4.62. The van der Waals surface area contributed by atoms with Crippen LogP contribution in [0, 0.1) is 13.8 Å². The average molecular weight is 491 g/mol. The Labute approximate surface area is 206 Å². The van der Waals surface area contributed by atoms with Crippen LogP contribution in [-0.4, -0.2) is 39.0 Å². The fraction of sp³-hybridized carbons (Fsp3) is 0.160. The van der Waals surface area contributed by atoms with Crippen LogP contribution >= 0.6 is 11.6 Å². The summed E-state index contributed by atoms with van der Waals surface area (Å²) in [5.74, 6) is 0.556. The Balaban J connectivity index is 1.80. The standard InChI is InChI=1S/C25H23ClN6O3/c1-14-23(15(2)35-32-14)17-6-7-21-20(9-17)25(29-11-16-4-3-5-19(26)8-16)31-24(30-21)18(10-27)12-28-13-22(33)34/h3-10,12H,11,13,27H2,1-2H3,(H,33,34)(H,29,30,31). The summed E-state index contributed by atoms with van der Waals surface area (Å²) in [6.45, 7) is 3.84.